The number of alkyl halides is 1. The van der Waals surface area contributed by atoms with E-state index in [0.717, 1.165) is 11.1 Å². The lowest BCUT2D eigenvalue weighted by Gasteiger charge is -2.29. The summed E-state index contributed by atoms with van der Waals surface area (Å²) < 4.78 is 13.6. The van der Waals surface area contributed by atoms with Crippen LogP contribution in [0.4, 0.5) is 4.39 Å². The Morgan fingerprint density at radius 1 is 1.23 bits per heavy atom. The highest BCUT2D eigenvalue weighted by molar-refractivity contribution is 6.05. The molecule has 26 heavy (non-hydrogen) atoms. The summed E-state index contributed by atoms with van der Waals surface area (Å²) >= 11 is 0. The average molecular weight is 360 g/mol. The molecule has 3 heterocycles. The third-order valence-corrected chi connectivity index (χ3v) is 5.30. The Kier molecular flexibility index (Phi) is 4.46. The van der Waals surface area contributed by atoms with Crippen LogP contribution in [-0.2, 0) is 22.7 Å². The first-order valence-corrected chi connectivity index (χ1v) is 8.87. The molecule has 0 saturated carbocycles. The van der Waals surface area contributed by atoms with Crippen molar-refractivity contribution >= 4 is 17.7 Å². The maximum atomic E-state index is 13.6. The molecule has 3 aliphatic heterocycles. The fourth-order valence-corrected chi connectivity index (χ4v) is 3.83. The minimum Gasteiger partial charge on any atom is -0.322 e. The second-order valence-electron chi connectivity index (χ2n) is 7.05. The quantitative estimate of drug-likeness (QED) is 0.650. The van der Waals surface area contributed by atoms with E-state index < -0.39 is 18.1 Å². The van der Waals surface area contributed by atoms with Gasteiger partial charge >= 0.3 is 0 Å². The number of halogens is 1. The lowest BCUT2D eigenvalue weighted by Crippen LogP contribution is -2.52. The predicted molar refractivity (Wildman–Crippen MR) is 90.9 cm³/mol. The fraction of sp³-hybridized carbons (Fsp3) is 0.500. The van der Waals surface area contributed by atoms with Crippen molar-refractivity contribution in [2.75, 3.05) is 13.1 Å². The molecule has 0 spiro atoms. The number of hydrogen-bond acceptors (Lipinski definition) is 5. The molecule has 138 valence electrons. The van der Waals surface area contributed by atoms with Crippen LogP contribution in [0.15, 0.2) is 18.2 Å². The molecule has 3 N–H and O–H groups in total. The van der Waals surface area contributed by atoms with E-state index in [0.29, 0.717) is 38.2 Å². The minimum absolute atomic E-state index is 0.183. The number of rotatable bonds is 4. The lowest BCUT2D eigenvalue weighted by atomic mass is 10.0. The van der Waals surface area contributed by atoms with Gasteiger partial charge < -0.3 is 15.5 Å². The van der Waals surface area contributed by atoms with E-state index in [4.69, 9.17) is 0 Å². The molecule has 0 aliphatic carbocycles. The van der Waals surface area contributed by atoms with E-state index in [9.17, 15) is 18.8 Å². The molecule has 1 aromatic carbocycles. The third kappa shape index (κ3) is 3.10. The Bertz CT molecular complexity index is 769. The molecule has 0 bridgehead atoms. The zero-order chi connectivity index (χ0) is 18.3. The topological polar surface area (TPSA) is 90.5 Å². The second-order valence-corrected chi connectivity index (χ2v) is 7.05. The Morgan fingerprint density at radius 2 is 2.08 bits per heavy atom. The van der Waals surface area contributed by atoms with E-state index in [1.165, 1.54) is 4.90 Å². The van der Waals surface area contributed by atoms with Gasteiger partial charge in [-0.2, -0.15) is 0 Å². The van der Waals surface area contributed by atoms with Crippen molar-refractivity contribution in [2.45, 2.75) is 44.2 Å². The number of benzene rings is 1. The van der Waals surface area contributed by atoms with Crippen LogP contribution in [0.1, 0.15) is 34.3 Å². The van der Waals surface area contributed by atoms with Crippen molar-refractivity contribution in [2.24, 2.45) is 0 Å². The normalized spacial score (nSPS) is 28.4. The van der Waals surface area contributed by atoms with Gasteiger partial charge in [0, 0.05) is 38.2 Å². The molecule has 2 saturated heterocycles. The number of hydrogen-bond donors (Lipinski definition) is 3. The molecule has 0 radical (unpaired) electrons. The van der Waals surface area contributed by atoms with Gasteiger partial charge in [-0.25, -0.2) is 4.39 Å². The predicted octanol–water partition coefficient (Wildman–Crippen LogP) is -0.153. The largest absolute Gasteiger partial charge is 0.322 e. The minimum atomic E-state index is -0.894. The molecule has 3 atom stereocenters. The van der Waals surface area contributed by atoms with Crippen LogP contribution in [0.25, 0.3) is 0 Å². The van der Waals surface area contributed by atoms with Crippen LogP contribution < -0.4 is 16.0 Å². The zero-order valence-electron chi connectivity index (χ0n) is 14.3. The molecule has 8 heteroatoms. The molecule has 4 rings (SSSR count). The Balaban J connectivity index is 1.44. The summed E-state index contributed by atoms with van der Waals surface area (Å²) in [4.78, 5) is 37.5. The van der Waals surface area contributed by atoms with Crippen molar-refractivity contribution in [1.82, 2.24) is 20.9 Å². The van der Waals surface area contributed by atoms with Gasteiger partial charge in [-0.3, -0.25) is 19.7 Å². The Morgan fingerprint density at radius 3 is 2.81 bits per heavy atom. The number of nitrogens with one attached hydrogen (secondary N) is 3. The highest BCUT2D eigenvalue weighted by Crippen LogP contribution is 2.28. The van der Waals surface area contributed by atoms with E-state index in [1.807, 2.05) is 12.1 Å². The number of carbonyl (C=O) groups is 3. The van der Waals surface area contributed by atoms with Crippen molar-refractivity contribution in [1.29, 1.82) is 0 Å². The summed E-state index contributed by atoms with van der Waals surface area (Å²) in [5.74, 6) is -0.888. The average Bonchev–Trinajstić information content (AvgIpc) is 3.16. The Labute approximate surface area is 150 Å². The molecule has 2 fully saturated rings. The molecular weight excluding hydrogens is 339 g/mol. The number of nitrogens with zero attached hydrogens (tertiary/aromatic N) is 1. The zero-order valence-corrected chi connectivity index (χ0v) is 14.3. The van der Waals surface area contributed by atoms with E-state index in [1.54, 1.807) is 6.07 Å². The smallest absolute Gasteiger partial charge is 0.255 e. The van der Waals surface area contributed by atoms with E-state index >= 15 is 0 Å². The molecule has 1 aromatic rings. The Hall–Kier alpha value is -2.32. The summed E-state index contributed by atoms with van der Waals surface area (Å²) in [5.41, 5.74) is 2.42. The summed E-state index contributed by atoms with van der Waals surface area (Å²) in [5, 5.41) is 8.50. The van der Waals surface area contributed by atoms with Gasteiger partial charge in [0.2, 0.25) is 11.8 Å². The number of amides is 3. The summed E-state index contributed by atoms with van der Waals surface area (Å²) in [6.45, 7) is 1.85. The van der Waals surface area contributed by atoms with Crippen LogP contribution in [-0.4, -0.2) is 54.0 Å². The highest BCUT2D eigenvalue weighted by Gasteiger charge is 2.39. The van der Waals surface area contributed by atoms with Crippen molar-refractivity contribution in [3.05, 3.63) is 34.9 Å². The van der Waals surface area contributed by atoms with Gasteiger partial charge in [0.25, 0.3) is 5.91 Å². The van der Waals surface area contributed by atoms with Crippen LogP contribution >= 0.6 is 0 Å². The van der Waals surface area contributed by atoms with Crippen LogP contribution in [0.3, 0.4) is 0 Å². The van der Waals surface area contributed by atoms with Gasteiger partial charge in [0.1, 0.15) is 12.2 Å². The van der Waals surface area contributed by atoms with Gasteiger partial charge in [-0.15, -0.1) is 0 Å². The number of piperidine rings is 1. The molecular formula is C18H21FN4O3. The summed E-state index contributed by atoms with van der Waals surface area (Å²) in [6, 6.07) is 4.74. The van der Waals surface area contributed by atoms with Crippen molar-refractivity contribution in [3.63, 3.8) is 0 Å². The lowest BCUT2D eigenvalue weighted by molar-refractivity contribution is -0.136. The fourth-order valence-electron chi connectivity index (χ4n) is 3.83. The molecule has 0 aromatic heterocycles. The van der Waals surface area contributed by atoms with E-state index in [2.05, 4.69) is 16.0 Å². The van der Waals surface area contributed by atoms with Crippen LogP contribution in [0.5, 0.6) is 0 Å². The molecule has 3 amide bonds. The summed E-state index contributed by atoms with van der Waals surface area (Å²) in [6.07, 6.45) is -0.300. The van der Waals surface area contributed by atoms with Crippen LogP contribution in [0.2, 0.25) is 0 Å². The first-order valence-electron chi connectivity index (χ1n) is 8.87. The summed E-state index contributed by atoms with van der Waals surface area (Å²) in [7, 11) is 0. The molecule has 3 aliphatic rings. The van der Waals surface area contributed by atoms with Gasteiger partial charge in [0.05, 0.1) is 6.04 Å². The van der Waals surface area contributed by atoms with Gasteiger partial charge in [-0.1, -0.05) is 12.1 Å². The van der Waals surface area contributed by atoms with Crippen molar-refractivity contribution in [3.8, 4) is 0 Å². The number of fused-ring (bicyclic) bond motifs is 1. The monoisotopic (exact) mass is 360 g/mol. The molecule has 1 unspecified atom stereocenters. The van der Waals surface area contributed by atoms with Crippen LogP contribution in [0, 0.1) is 0 Å². The third-order valence-electron chi connectivity index (χ3n) is 5.30. The SMILES string of the molecule is O=C1CCC(N2Cc3cc(CN[C@@H]4CNC[C@@H]4F)ccc3C2=O)C(=O)N1. The van der Waals surface area contributed by atoms with Crippen molar-refractivity contribution < 1.29 is 18.8 Å². The maximum absolute atomic E-state index is 13.6. The first kappa shape index (κ1) is 17.1. The maximum Gasteiger partial charge on any atom is 0.255 e. The van der Waals surface area contributed by atoms with E-state index in [-0.39, 0.29) is 24.3 Å². The highest BCUT2D eigenvalue weighted by atomic mass is 19.1. The number of imide groups is 1. The van der Waals surface area contributed by atoms with Gasteiger partial charge in [-0.05, 0) is 23.6 Å². The first-order chi connectivity index (χ1) is 12.5. The van der Waals surface area contributed by atoms with Gasteiger partial charge in [0.15, 0.2) is 0 Å². The number of carbonyl (C=O) groups excluding carboxylic acids is 3. The standard InChI is InChI=1S/C18H21FN4O3/c19-13-7-20-8-14(13)21-6-10-1-2-12-11(5-10)9-23(18(12)26)15-3-4-16(24)22-17(15)25/h1-2,5,13-15,20-21H,3-4,6-9H2,(H,22,24,25)/t13-,14+,15?/m0/s1. The molecule has 7 nitrogen and oxygen atoms in total. The second kappa shape index (κ2) is 6.77.